The third-order valence-electron chi connectivity index (χ3n) is 5.22. The number of hydrogen-bond acceptors (Lipinski definition) is 2. The van der Waals surface area contributed by atoms with Gasteiger partial charge >= 0.3 is 5.97 Å². The number of nitrogens with zero attached hydrogens (tertiary/aromatic N) is 1. The minimum atomic E-state index is -0.632. The van der Waals surface area contributed by atoms with Crippen molar-refractivity contribution in [3.05, 3.63) is 0 Å². The molecule has 3 nitrogen and oxygen atoms in total. The molecule has 0 aromatic carbocycles. The van der Waals surface area contributed by atoms with Gasteiger partial charge in [0.1, 0.15) is 0 Å². The van der Waals surface area contributed by atoms with E-state index in [0.717, 1.165) is 37.4 Å². The zero-order valence-corrected chi connectivity index (χ0v) is 12.5. The monoisotopic (exact) mass is 267 g/mol. The maximum Gasteiger partial charge on any atom is 0.303 e. The van der Waals surface area contributed by atoms with E-state index in [1.54, 1.807) is 0 Å². The van der Waals surface area contributed by atoms with Crippen LogP contribution in [0.5, 0.6) is 0 Å². The molecule has 1 N–H and O–H groups in total. The molecule has 0 aromatic rings. The summed E-state index contributed by atoms with van der Waals surface area (Å²) in [6.45, 7) is 6.84. The molecular weight excluding hydrogens is 238 g/mol. The fourth-order valence-corrected chi connectivity index (χ4v) is 3.95. The predicted octanol–water partition coefficient (Wildman–Crippen LogP) is 3.39. The first-order valence-corrected chi connectivity index (χ1v) is 8.02. The van der Waals surface area contributed by atoms with Gasteiger partial charge in [-0.1, -0.05) is 26.7 Å². The number of carboxylic acid groups (broad SMARTS) is 1. The van der Waals surface area contributed by atoms with Crippen LogP contribution in [0.15, 0.2) is 0 Å². The third kappa shape index (κ3) is 4.20. The van der Waals surface area contributed by atoms with E-state index in [1.807, 2.05) is 0 Å². The molecule has 3 heteroatoms. The Balaban J connectivity index is 1.81. The molecule has 2 fully saturated rings. The Morgan fingerprint density at radius 3 is 2.68 bits per heavy atom. The Kier molecular flexibility index (Phi) is 5.26. The Bertz CT molecular complexity index is 303. The lowest BCUT2D eigenvalue weighted by atomic mass is 9.89. The highest BCUT2D eigenvalue weighted by atomic mass is 16.4. The fraction of sp³-hybridized carbons (Fsp3) is 0.938. The summed E-state index contributed by atoms with van der Waals surface area (Å²) in [5.41, 5.74) is 0. The van der Waals surface area contributed by atoms with Gasteiger partial charge in [0, 0.05) is 19.0 Å². The number of aliphatic carboxylic acids is 1. The standard InChI is InChI=1S/C16H29NO2/c1-12(2)14-4-3-5-15(7-6-14)17-9-8-13(11-17)10-16(18)19/h12-15H,3-11H2,1-2H3,(H,18,19). The molecule has 0 aromatic heterocycles. The minimum Gasteiger partial charge on any atom is -0.481 e. The summed E-state index contributed by atoms with van der Waals surface area (Å²) in [7, 11) is 0. The van der Waals surface area contributed by atoms with Crippen molar-refractivity contribution in [1.29, 1.82) is 0 Å². The van der Waals surface area contributed by atoms with Crippen molar-refractivity contribution in [2.24, 2.45) is 17.8 Å². The highest BCUT2D eigenvalue weighted by molar-refractivity contribution is 5.67. The molecular formula is C16H29NO2. The Hall–Kier alpha value is -0.570. The van der Waals surface area contributed by atoms with Gasteiger partial charge < -0.3 is 10.0 Å². The maximum absolute atomic E-state index is 10.8. The van der Waals surface area contributed by atoms with E-state index in [9.17, 15) is 4.79 Å². The van der Waals surface area contributed by atoms with Crippen molar-refractivity contribution >= 4 is 5.97 Å². The lowest BCUT2D eigenvalue weighted by molar-refractivity contribution is -0.138. The van der Waals surface area contributed by atoms with Crippen molar-refractivity contribution < 1.29 is 9.90 Å². The quantitative estimate of drug-likeness (QED) is 0.794. The normalized spacial score (nSPS) is 33.5. The minimum absolute atomic E-state index is 0.359. The summed E-state index contributed by atoms with van der Waals surface area (Å²) in [4.78, 5) is 13.4. The summed E-state index contributed by atoms with van der Waals surface area (Å²) in [5.74, 6) is 1.48. The molecule has 0 amide bonds. The molecule has 19 heavy (non-hydrogen) atoms. The van der Waals surface area contributed by atoms with Crippen molar-refractivity contribution in [3.63, 3.8) is 0 Å². The SMILES string of the molecule is CC(C)C1CCCC(N2CCC(CC(=O)O)C2)CC1. The molecule has 110 valence electrons. The van der Waals surface area contributed by atoms with Crippen LogP contribution in [0.1, 0.15) is 58.8 Å². The average molecular weight is 267 g/mol. The van der Waals surface area contributed by atoms with Gasteiger partial charge in [-0.25, -0.2) is 0 Å². The molecule has 0 radical (unpaired) electrons. The van der Waals surface area contributed by atoms with Gasteiger partial charge in [-0.15, -0.1) is 0 Å². The van der Waals surface area contributed by atoms with Gasteiger partial charge in [0.15, 0.2) is 0 Å². The van der Waals surface area contributed by atoms with E-state index < -0.39 is 5.97 Å². The van der Waals surface area contributed by atoms with E-state index in [2.05, 4.69) is 18.7 Å². The van der Waals surface area contributed by atoms with E-state index >= 15 is 0 Å². The van der Waals surface area contributed by atoms with Gasteiger partial charge in [-0.05, 0) is 50.0 Å². The zero-order valence-electron chi connectivity index (χ0n) is 12.5. The van der Waals surface area contributed by atoms with E-state index in [-0.39, 0.29) is 0 Å². The average Bonchev–Trinajstić information content (AvgIpc) is 2.64. The van der Waals surface area contributed by atoms with Crippen molar-refractivity contribution in [3.8, 4) is 0 Å². The first kappa shape index (κ1) is 14.8. The van der Waals surface area contributed by atoms with Gasteiger partial charge in [0.05, 0.1) is 0 Å². The Morgan fingerprint density at radius 1 is 1.21 bits per heavy atom. The molecule has 1 aliphatic heterocycles. The van der Waals surface area contributed by atoms with Crippen LogP contribution in [-0.4, -0.2) is 35.1 Å². The molecule has 1 heterocycles. The molecule has 1 aliphatic carbocycles. The van der Waals surface area contributed by atoms with Crippen LogP contribution in [0, 0.1) is 17.8 Å². The summed E-state index contributed by atoms with van der Waals surface area (Å²) < 4.78 is 0. The highest BCUT2D eigenvalue weighted by Crippen LogP contribution is 2.33. The molecule has 1 saturated carbocycles. The van der Waals surface area contributed by atoms with Crippen LogP contribution < -0.4 is 0 Å². The van der Waals surface area contributed by atoms with Crippen molar-refractivity contribution in [2.45, 2.75) is 64.8 Å². The van der Waals surface area contributed by atoms with Crippen LogP contribution in [-0.2, 0) is 4.79 Å². The second-order valence-corrected chi connectivity index (χ2v) is 6.91. The van der Waals surface area contributed by atoms with E-state index in [1.165, 1.54) is 32.1 Å². The van der Waals surface area contributed by atoms with Crippen LogP contribution in [0.3, 0.4) is 0 Å². The molecule has 2 aliphatic rings. The van der Waals surface area contributed by atoms with Crippen molar-refractivity contribution in [1.82, 2.24) is 4.90 Å². The third-order valence-corrected chi connectivity index (χ3v) is 5.22. The maximum atomic E-state index is 10.8. The summed E-state index contributed by atoms with van der Waals surface area (Å²) in [5, 5.41) is 8.89. The topological polar surface area (TPSA) is 40.5 Å². The predicted molar refractivity (Wildman–Crippen MR) is 77.1 cm³/mol. The summed E-state index contributed by atoms with van der Waals surface area (Å²) >= 11 is 0. The molecule has 0 bridgehead atoms. The van der Waals surface area contributed by atoms with Crippen LogP contribution >= 0.6 is 0 Å². The lowest BCUT2D eigenvalue weighted by Crippen LogP contribution is -2.33. The Labute approximate surface area is 117 Å². The highest BCUT2D eigenvalue weighted by Gasteiger charge is 2.31. The smallest absolute Gasteiger partial charge is 0.303 e. The zero-order chi connectivity index (χ0) is 13.8. The van der Waals surface area contributed by atoms with E-state index in [4.69, 9.17) is 5.11 Å². The van der Waals surface area contributed by atoms with Gasteiger partial charge in [0.2, 0.25) is 0 Å². The number of likely N-dealkylation sites (tertiary alicyclic amines) is 1. The van der Waals surface area contributed by atoms with E-state index in [0.29, 0.717) is 12.3 Å². The largest absolute Gasteiger partial charge is 0.481 e. The second kappa shape index (κ2) is 6.74. The first-order chi connectivity index (χ1) is 9.06. The summed E-state index contributed by atoms with van der Waals surface area (Å²) in [6.07, 6.45) is 8.19. The molecule has 0 spiro atoms. The molecule has 1 saturated heterocycles. The number of hydrogen-bond donors (Lipinski definition) is 1. The number of carboxylic acids is 1. The lowest BCUT2D eigenvalue weighted by Gasteiger charge is -2.27. The molecule has 3 unspecified atom stereocenters. The molecule has 3 atom stereocenters. The number of rotatable bonds is 4. The van der Waals surface area contributed by atoms with Gasteiger partial charge in [0.25, 0.3) is 0 Å². The van der Waals surface area contributed by atoms with Crippen LogP contribution in [0.25, 0.3) is 0 Å². The number of carbonyl (C=O) groups is 1. The van der Waals surface area contributed by atoms with Crippen LogP contribution in [0.4, 0.5) is 0 Å². The molecule has 2 rings (SSSR count). The first-order valence-electron chi connectivity index (χ1n) is 8.02. The second-order valence-electron chi connectivity index (χ2n) is 6.91. The van der Waals surface area contributed by atoms with Gasteiger partial charge in [-0.2, -0.15) is 0 Å². The fourth-order valence-electron chi connectivity index (χ4n) is 3.95. The summed E-state index contributed by atoms with van der Waals surface area (Å²) in [6, 6.07) is 0.725. The Morgan fingerprint density at radius 2 is 2.00 bits per heavy atom. The van der Waals surface area contributed by atoms with Crippen LogP contribution in [0.2, 0.25) is 0 Å². The van der Waals surface area contributed by atoms with Gasteiger partial charge in [-0.3, -0.25) is 4.79 Å². The van der Waals surface area contributed by atoms with Crippen molar-refractivity contribution in [2.75, 3.05) is 13.1 Å².